The number of benzene rings is 2. The second-order valence-corrected chi connectivity index (χ2v) is 34.3. The molecule has 0 aliphatic heterocycles. The van der Waals surface area contributed by atoms with Crippen LogP contribution in [0.5, 0.6) is 0 Å². The molecule has 6 nitrogen and oxygen atoms in total. The molecule has 0 aliphatic rings. The van der Waals surface area contributed by atoms with Gasteiger partial charge >= 0.3 is 0 Å². The van der Waals surface area contributed by atoms with Crippen molar-refractivity contribution in [3.05, 3.63) is 77.2 Å². The molecule has 0 radical (unpaired) electrons. The standard InChI is InChI=1S/C34H55NO5SSi4/c1-34(2,3)45(27-19-15-13-16-20-27,28-21-17-14-18-22-28)37-26-31(39-43(7,8)9)32(40-44(10,11)12)30(38-42(4,5)6)25-29(36)33-35-23-24-41-33/h13-24,30-32H,25-26H2,1-12H3/t30-,31-,32+/m1/s1. The van der Waals surface area contributed by atoms with Gasteiger partial charge in [-0.15, -0.1) is 11.3 Å². The van der Waals surface area contributed by atoms with Crippen LogP contribution in [0.3, 0.4) is 0 Å². The monoisotopic (exact) mass is 701 g/mol. The predicted octanol–water partition coefficient (Wildman–Crippen LogP) is 7.95. The summed E-state index contributed by atoms with van der Waals surface area (Å²) in [5, 5.41) is 4.58. The van der Waals surface area contributed by atoms with Crippen LogP contribution >= 0.6 is 11.3 Å². The zero-order chi connectivity index (χ0) is 33.7. The van der Waals surface area contributed by atoms with Gasteiger partial charge in [-0.05, 0) is 74.3 Å². The van der Waals surface area contributed by atoms with Crippen LogP contribution in [0.25, 0.3) is 0 Å². The lowest BCUT2D eigenvalue weighted by molar-refractivity contribution is -0.0496. The average molecular weight is 702 g/mol. The van der Waals surface area contributed by atoms with Crippen LogP contribution < -0.4 is 10.4 Å². The van der Waals surface area contributed by atoms with Crippen LogP contribution in [0.4, 0.5) is 0 Å². The maximum atomic E-state index is 13.6. The zero-order valence-corrected chi connectivity index (χ0v) is 34.3. The molecule has 0 spiro atoms. The maximum absolute atomic E-state index is 13.6. The number of carbonyl (C=O) groups excluding carboxylic acids is 1. The first-order valence-electron chi connectivity index (χ1n) is 15.9. The van der Waals surface area contributed by atoms with Gasteiger partial charge in [-0.25, -0.2) is 4.98 Å². The molecule has 248 valence electrons. The van der Waals surface area contributed by atoms with Crippen molar-refractivity contribution in [3.8, 4) is 0 Å². The molecular weight excluding hydrogens is 647 g/mol. The van der Waals surface area contributed by atoms with Crippen LogP contribution in [0, 0.1) is 0 Å². The molecule has 0 bridgehead atoms. The molecule has 0 amide bonds. The molecule has 1 aromatic heterocycles. The summed E-state index contributed by atoms with van der Waals surface area (Å²) in [5.41, 5.74) is 0. The van der Waals surface area contributed by atoms with Crippen molar-refractivity contribution >= 4 is 60.8 Å². The highest BCUT2D eigenvalue weighted by atomic mass is 32.1. The van der Waals surface area contributed by atoms with E-state index in [2.05, 4.69) is 145 Å². The lowest BCUT2D eigenvalue weighted by Gasteiger charge is -2.46. The van der Waals surface area contributed by atoms with Crippen molar-refractivity contribution in [2.45, 2.75) is 109 Å². The topological polar surface area (TPSA) is 66.9 Å². The van der Waals surface area contributed by atoms with E-state index in [-0.39, 0.29) is 17.2 Å². The van der Waals surface area contributed by atoms with E-state index in [9.17, 15) is 4.79 Å². The summed E-state index contributed by atoms with van der Waals surface area (Å²) in [5.74, 6) is -0.0305. The lowest BCUT2D eigenvalue weighted by Crippen LogP contribution is -2.68. The van der Waals surface area contributed by atoms with Crippen LogP contribution in [0.1, 0.15) is 37.0 Å². The third-order valence-corrected chi connectivity index (χ3v) is 16.0. The van der Waals surface area contributed by atoms with E-state index in [1.54, 1.807) is 6.20 Å². The predicted molar refractivity (Wildman–Crippen MR) is 199 cm³/mol. The van der Waals surface area contributed by atoms with Gasteiger partial charge in [-0.3, -0.25) is 4.79 Å². The zero-order valence-electron chi connectivity index (χ0n) is 29.5. The van der Waals surface area contributed by atoms with Crippen molar-refractivity contribution < 1.29 is 22.5 Å². The van der Waals surface area contributed by atoms with Crippen molar-refractivity contribution in [3.63, 3.8) is 0 Å². The molecule has 3 aromatic rings. The van der Waals surface area contributed by atoms with Gasteiger partial charge in [0.25, 0.3) is 8.32 Å². The molecule has 1 heterocycles. The van der Waals surface area contributed by atoms with Crippen molar-refractivity contribution in [2.24, 2.45) is 0 Å². The highest BCUT2D eigenvalue weighted by molar-refractivity contribution is 7.11. The second-order valence-electron chi connectivity index (χ2n) is 15.7. The fourth-order valence-corrected chi connectivity index (χ4v) is 14.2. The van der Waals surface area contributed by atoms with Crippen molar-refractivity contribution in [2.75, 3.05) is 6.61 Å². The molecule has 0 saturated carbocycles. The summed E-state index contributed by atoms with van der Waals surface area (Å²) < 4.78 is 28.4. The molecule has 0 N–H and O–H groups in total. The van der Waals surface area contributed by atoms with Crippen LogP contribution in [0.15, 0.2) is 72.2 Å². The minimum absolute atomic E-state index is 0.0305. The van der Waals surface area contributed by atoms with Gasteiger partial charge in [0.2, 0.25) is 0 Å². The number of rotatable bonds is 16. The smallest absolute Gasteiger partial charge is 0.261 e. The number of hydrogen-bond donors (Lipinski definition) is 0. The normalized spacial score (nSPS) is 15.5. The maximum Gasteiger partial charge on any atom is 0.261 e. The first-order valence-corrected chi connectivity index (χ1v) is 28.9. The summed E-state index contributed by atoms with van der Waals surface area (Å²) in [7, 11) is -9.26. The highest BCUT2D eigenvalue weighted by Crippen LogP contribution is 2.37. The van der Waals surface area contributed by atoms with Crippen molar-refractivity contribution in [1.29, 1.82) is 0 Å². The summed E-state index contributed by atoms with van der Waals surface area (Å²) in [6.45, 7) is 26.8. The van der Waals surface area contributed by atoms with E-state index < -0.39 is 51.6 Å². The Morgan fingerprint density at radius 1 is 0.733 bits per heavy atom. The third kappa shape index (κ3) is 11.0. The molecule has 11 heteroatoms. The number of nitrogens with zero attached hydrogens (tertiary/aromatic N) is 1. The Hall–Kier alpha value is -1.55. The van der Waals surface area contributed by atoms with E-state index in [4.69, 9.17) is 17.7 Å². The van der Waals surface area contributed by atoms with Crippen LogP contribution in [-0.2, 0) is 17.7 Å². The Kier molecular flexibility index (Phi) is 12.7. The van der Waals surface area contributed by atoms with Gasteiger partial charge in [0, 0.05) is 18.0 Å². The van der Waals surface area contributed by atoms with E-state index in [1.807, 2.05) is 5.38 Å². The van der Waals surface area contributed by atoms with E-state index in [0.29, 0.717) is 11.6 Å². The molecule has 0 fully saturated rings. The van der Waals surface area contributed by atoms with E-state index in [1.165, 1.54) is 21.7 Å². The van der Waals surface area contributed by atoms with Gasteiger partial charge in [0.15, 0.2) is 35.7 Å². The van der Waals surface area contributed by atoms with Gasteiger partial charge < -0.3 is 17.7 Å². The number of hydrogen-bond acceptors (Lipinski definition) is 7. The molecule has 2 aromatic carbocycles. The minimum Gasteiger partial charge on any atom is -0.412 e. The molecule has 45 heavy (non-hydrogen) atoms. The van der Waals surface area contributed by atoms with Gasteiger partial charge in [-0.2, -0.15) is 0 Å². The van der Waals surface area contributed by atoms with Crippen LogP contribution in [0.2, 0.25) is 64.0 Å². The summed E-state index contributed by atoms with van der Waals surface area (Å²) in [6.07, 6.45) is 0.436. The Morgan fingerprint density at radius 3 is 1.60 bits per heavy atom. The number of thiazole rings is 1. The second kappa shape index (κ2) is 15.1. The molecule has 0 unspecified atom stereocenters. The SMILES string of the molecule is CC(C)(C)[Si](OC[C@@H](O[Si](C)(C)C)[C@@H](O[Si](C)(C)C)[C@@H](CC(=O)c1nccs1)O[Si](C)(C)C)(c1ccccc1)c1ccccc1. The largest absolute Gasteiger partial charge is 0.412 e. The summed E-state index contributed by atoms with van der Waals surface area (Å²) >= 11 is 1.37. The Bertz CT molecular complexity index is 1290. The molecule has 0 saturated heterocycles. The quantitative estimate of drug-likeness (QED) is 0.112. The summed E-state index contributed by atoms with van der Waals surface area (Å²) in [6, 6.07) is 21.4. The van der Waals surface area contributed by atoms with E-state index >= 15 is 0 Å². The fraction of sp³-hybridized carbons (Fsp3) is 0.529. The Labute approximate surface area is 280 Å². The molecular formula is C34H55NO5SSi4. The van der Waals surface area contributed by atoms with Crippen LogP contribution in [-0.4, -0.2) is 69.0 Å². The number of aromatic nitrogens is 1. The number of Topliss-reactive ketones (excluding diaryl/α,β-unsaturated/α-hetero) is 1. The molecule has 0 aliphatic carbocycles. The lowest BCUT2D eigenvalue weighted by atomic mass is 10.0. The number of ketones is 1. The molecule has 3 rings (SSSR count). The van der Waals surface area contributed by atoms with Gasteiger partial charge in [-0.1, -0.05) is 81.4 Å². The molecule has 3 atom stereocenters. The van der Waals surface area contributed by atoms with Gasteiger partial charge in [0.05, 0.1) is 24.9 Å². The average Bonchev–Trinajstić information content (AvgIpc) is 3.45. The first kappa shape index (κ1) is 37.9. The van der Waals surface area contributed by atoms with Crippen molar-refractivity contribution in [1.82, 2.24) is 4.98 Å². The van der Waals surface area contributed by atoms with Gasteiger partial charge in [0.1, 0.15) is 0 Å². The highest BCUT2D eigenvalue weighted by Gasteiger charge is 2.51. The summed E-state index contributed by atoms with van der Waals surface area (Å²) in [4.78, 5) is 17.9. The Balaban J connectivity index is 2.17. The Morgan fingerprint density at radius 2 is 1.20 bits per heavy atom. The fourth-order valence-electron chi connectivity index (χ4n) is 5.73. The minimum atomic E-state index is -2.87. The first-order chi connectivity index (χ1) is 20.7. The number of carbonyl (C=O) groups is 1. The third-order valence-electron chi connectivity index (χ3n) is 7.17. The van der Waals surface area contributed by atoms with E-state index in [0.717, 1.165) is 0 Å².